The van der Waals surface area contributed by atoms with Crippen LogP contribution in [-0.4, -0.2) is 85.9 Å². The van der Waals surface area contributed by atoms with Gasteiger partial charge in [0.05, 0.1) is 17.8 Å². The minimum Gasteiger partial charge on any atom is -0.481 e. The number of hydrogen-bond acceptors (Lipinski definition) is 7. The summed E-state index contributed by atoms with van der Waals surface area (Å²) in [6, 6.07) is 7.62. The van der Waals surface area contributed by atoms with Gasteiger partial charge < -0.3 is 24.5 Å². The van der Waals surface area contributed by atoms with Crippen molar-refractivity contribution in [2.45, 2.75) is 38.5 Å². The molecule has 1 aromatic heterocycles. The fourth-order valence-corrected chi connectivity index (χ4v) is 5.25. The topological polar surface area (TPSA) is 107 Å². The van der Waals surface area contributed by atoms with Crippen molar-refractivity contribution >= 4 is 35.2 Å². The molecular formula is C28H35N5O5. The van der Waals surface area contributed by atoms with Crippen LogP contribution in [0.2, 0.25) is 0 Å². The Morgan fingerprint density at radius 3 is 2.53 bits per heavy atom. The Balaban J connectivity index is 1.31. The number of aryl methyl sites for hydroxylation is 1. The van der Waals surface area contributed by atoms with Crippen LogP contribution >= 0.6 is 0 Å². The summed E-state index contributed by atoms with van der Waals surface area (Å²) >= 11 is 0. The van der Waals surface area contributed by atoms with Gasteiger partial charge in [0.25, 0.3) is 5.91 Å². The van der Waals surface area contributed by atoms with Gasteiger partial charge >= 0.3 is 12.1 Å². The van der Waals surface area contributed by atoms with Crippen LogP contribution in [0, 0.1) is 6.92 Å². The van der Waals surface area contributed by atoms with Gasteiger partial charge in [-0.05, 0) is 61.4 Å². The second kappa shape index (κ2) is 10.9. The first kappa shape index (κ1) is 25.8. The molecule has 0 spiro atoms. The van der Waals surface area contributed by atoms with Crippen molar-refractivity contribution in [1.82, 2.24) is 9.88 Å². The molecule has 0 atom stereocenters. The number of hydrogen-bond donors (Lipinski definition) is 1. The molecule has 1 aromatic carbocycles. The zero-order valence-electron chi connectivity index (χ0n) is 22.1. The SMILES string of the molecule is Cc1cc(C2CC2)cnc1N1CCN(C(=O)c2ccc(N3CCOC3=O)cc2N(C)CCCC(=O)O)CC1. The van der Waals surface area contributed by atoms with Crippen LogP contribution in [-0.2, 0) is 9.53 Å². The summed E-state index contributed by atoms with van der Waals surface area (Å²) in [7, 11) is 1.84. The molecule has 3 fully saturated rings. The zero-order chi connectivity index (χ0) is 26.8. The third kappa shape index (κ3) is 5.54. The van der Waals surface area contributed by atoms with E-state index in [4.69, 9.17) is 14.8 Å². The van der Waals surface area contributed by atoms with Crippen LogP contribution < -0.4 is 14.7 Å². The van der Waals surface area contributed by atoms with Gasteiger partial charge in [0.15, 0.2) is 0 Å². The molecular weight excluding hydrogens is 486 g/mol. The molecule has 0 unspecified atom stereocenters. The smallest absolute Gasteiger partial charge is 0.414 e. The van der Waals surface area contributed by atoms with Gasteiger partial charge in [-0.1, -0.05) is 6.07 Å². The van der Waals surface area contributed by atoms with Crippen molar-refractivity contribution in [3.63, 3.8) is 0 Å². The first-order valence-electron chi connectivity index (χ1n) is 13.3. The number of anilines is 3. The molecule has 5 rings (SSSR count). The summed E-state index contributed by atoms with van der Waals surface area (Å²) in [5.74, 6) is 0.730. The van der Waals surface area contributed by atoms with E-state index in [1.807, 2.05) is 29.1 Å². The first-order valence-corrected chi connectivity index (χ1v) is 13.3. The minimum atomic E-state index is -0.854. The van der Waals surface area contributed by atoms with E-state index in [0.717, 1.165) is 5.82 Å². The summed E-state index contributed by atoms with van der Waals surface area (Å²) in [5.41, 5.74) is 4.37. The Labute approximate surface area is 222 Å². The molecule has 202 valence electrons. The van der Waals surface area contributed by atoms with E-state index >= 15 is 0 Å². The Morgan fingerprint density at radius 1 is 1.13 bits per heavy atom. The van der Waals surface area contributed by atoms with Gasteiger partial charge in [-0.25, -0.2) is 9.78 Å². The average molecular weight is 522 g/mol. The number of amides is 2. The molecule has 2 saturated heterocycles. The molecule has 3 aliphatic rings. The number of benzene rings is 1. The number of rotatable bonds is 9. The summed E-state index contributed by atoms with van der Waals surface area (Å²) < 4.78 is 5.08. The lowest BCUT2D eigenvalue weighted by Crippen LogP contribution is -2.49. The Kier molecular flexibility index (Phi) is 7.40. The number of cyclic esters (lactones) is 1. The van der Waals surface area contributed by atoms with Crippen LogP contribution in [0.3, 0.4) is 0 Å². The third-order valence-electron chi connectivity index (χ3n) is 7.57. The van der Waals surface area contributed by atoms with Crippen LogP contribution in [0.1, 0.15) is 53.1 Å². The number of aromatic nitrogens is 1. The van der Waals surface area contributed by atoms with E-state index in [-0.39, 0.29) is 12.3 Å². The number of ether oxygens (including phenoxy) is 1. The molecule has 10 heteroatoms. The molecule has 1 N–H and O–H groups in total. The Morgan fingerprint density at radius 2 is 1.89 bits per heavy atom. The number of carboxylic acid groups (broad SMARTS) is 1. The molecule has 38 heavy (non-hydrogen) atoms. The largest absolute Gasteiger partial charge is 0.481 e. The number of aliphatic carboxylic acids is 1. The summed E-state index contributed by atoms with van der Waals surface area (Å²) in [4.78, 5) is 49.2. The Bertz CT molecular complexity index is 1220. The van der Waals surface area contributed by atoms with Crippen LogP contribution in [0.25, 0.3) is 0 Å². The molecule has 2 aliphatic heterocycles. The Hall–Kier alpha value is -3.82. The molecule has 0 bridgehead atoms. The maximum absolute atomic E-state index is 13.7. The molecule has 2 amide bonds. The molecule has 3 heterocycles. The predicted octanol–water partition coefficient (Wildman–Crippen LogP) is 3.49. The molecule has 1 aliphatic carbocycles. The fourth-order valence-electron chi connectivity index (χ4n) is 5.25. The number of nitrogens with zero attached hydrogens (tertiary/aromatic N) is 5. The van der Waals surface area contributed by atoms with Crippen molar-refractivity contribution in [2.75, 3.05) is 67.6 Å². The lowest BCUT2D eigenvalue weighted by atomic mass is 10.1. The lowest BCUT2D eigenvalue weighted by Gasteiger charge is -2.37. The van der Waals surface area contributed by atoms with E-state index in [0.29, 0.717) is 75.2 Å². The van der Waals surface area contributed by atoms with Gasteiger partial charge in [0, 0.05) is 58.1 Å². The van der Waals surface area contributed by atoms with Crippen LogP contribution in [0.5, 0.6) is 0 Å². The highest BCUT2D eigenvalue weighted by Crippen LogP contribution is 2.40. The van der Waals surface area contributed by atoms with Crippen LogP contribution in [0.4, 0.5) is 22.0 Å². The van der Waals surface area contributed by atoms with Crippen LogP contribution in [0.15, 0.2) is 30.5 Å². The van der Waals surface area contributed by atoms with Gasteiger partial charge in [-0.2, -0.15) is 0 Å². The monoisotopic (exact) mass is 521 g/mol. The fraction of sp³-hybridized carbons (Fsp3) is 0.500. The quantitative estimate of drug-likeness (QED) is 0.535. The number of carbonyl (C=O) groups excluding carboxylic acids is 2. The van der Waals surface area contributed by atoms with Gasteiger partial charge in [-0.3, -0.25) is 14.5 Å². The number of carboxylic acids is 1. The number of carbonyl (C=O) groups is 3. The second-order valence-corrected chi connectivity index (χ2v) is 10.3. The van der Waals surface area contributed by atoms with Crippen molar-refractivity contribution < 1.29 is 24.2 Å². The van der Waals surface area contributed by atoms with Crippen molar-refractivity contribution in [2.24, 2.45) is 0 Å². The minimum absolute atomic E-state index is 0.0445. The van der Waals surface area contributed by atoms with Gasteiger partial charge in [0.2, 0.25) is 0 Å². The molecule has 0 radical (unpaired) electrons. The highest BCUT2D eigenvalue weighted by Gasteiger charge is 2.29. The highest BCUT2D eigenvalue weighted by molar-refractivity contribution is 6.01. The zero-order valence-corrected chi connectivity index (χ0v) is 22.1. The summed E-state index contributed by atoms with van der Waals surface area (Å²) in [6.07, 6.45) is 4.58. The lowest BCUT2D eigenvalue weighted by molar-refractivity contribution is -0.137. The molecule has 10 nitrogen and oxygen atoms in total. The predicted molar refractivity (Wildman–Crippen MR) is 144 cm³/mol. The normalized spacial score (nSPS) is 17.5. The summed E-state index contributed by atoms with van der Waals surface area (Å²) in [5, 5.41) is 9.04. The maximum atomic E-state index is 13.7. The van der Waals surface area contributed by atoms with E-state index in [9.17, 15) is 14.4 Å². The van der Waals surface area contributed by atoms with Crippen molar-refractivity contribution in [3.8, 4) is 0 Å². The molecule has 2 aromatic rings. The first-order chi connectivity index (χ1) is 18.3. The van der Waals surface area contributed by atoms with Crippen molar-refractivity contribution in [1.29, 1.82) is 0 Å². The standard InChI is InChI=1S/C28H35N5O5/c1-19-16-21(20-5-6-20)18-29-26(19)31-10-12-32(13-11-31)27(36)23-8-7-22(33-14-15-38-28(33)37)17-24(23)30(2)9-3-4-25(34)35/h7-8,16-18,20H,3-6,9-15H2,1-2H3,(H,34,35). The van der Waals surface area contributed by atoms with E-state index < -0.39 is 12.1 Å². The van der Waals surface area contributed by atoms with E-state index in [2.05, 4.69) is 17.9 Å². The second-order valence-electron chi connectivity index (χ2n) is 10.3. The highest BCUT2D eigenvalue weighted by atomic mass is 16.6. The van der Waals surface area contributed by atoms with Gasteiger partial charge in [-0.15, -0.1) is 0 Å². The third-order valence-corrected chi connectivity index (χ3v) is 7.57. The summed E-state index contributed by atoms with van der Waals surface area (Å²) in [6.45, 7) is 5.90. The number of pyridine rings is 1. The van der Waals surface area contributed by atoms with Crippen molar-refractivity contribution in [3.05, 3.63) is 47.2 Å². The molecule has 1 saturated carbocycles. The average Bonchev–Trinajstić information content (AvgIpc) is 3.68. The van der Waals surface area contributed by atoms with E-state index in [1.54, 1.807) is 17.0 Å². The maximum Gasteiger partial charge on any atom is 0.414 e. The van der Waals surface area contributed by atoms with Gasteiger partial charge in [0.1, 0.15) is 12.4 Å². The van der Waals surface area contributed by atoms with E-state index in [1.165, 1.54) is 24.0 Å². The number of piperazine rings is 1.